The van der Waals surface area contributed by atoms with E-state index in [4.69, 9.17) is 0 Å². The van der Waals surface area contributed by atoms with Gasteiger partial charge in [0.1, 0.15) is 18.4 Å². The zero-order chi connectivity index (χ0) is 28.7. The fourth-order valence-corrected chi connectivity index (χ4v) is 5.33. The molecule has 3 rings (SSSR count). The van der Waals surface area contributed by atoms with Gasteiger partial charge in [-0.05, 0) is 76.1 Å². The molecule has 7 nitrogen and oxygen atoms in total. The van der Waals surface area contributed by atoms with Crippen LogP contribution in [0.15, 0.2) is 77.7 Å². The Labute approximate surface area is 230 Å². The molecule has 0 aliphatic heterocycles. The highest BCUT2D eigenvalue weighted by Crippen LogP contribution is 2.25. The fourth-order valence-electron chi connectivity index (χ4n) is 3.91. The van der Waals surface area contributed by atoms with Gasteiger partial charge in [0.05, 0.1) is 10.6 Å². The molecule has 2 atom stereocenters. The molecule has 208 valence electrons. The van der Waals surface area contributed by atoms with Crippen LogP contribution in [0.3, 0.4) is 0 Å². The Morgan fingerprint density at radius 2 is 1.41 bits per heavy atom. The SMILES string of the molecule is CC[C@H](C)NC(=O)[C@H](C)N(Cc1ccc(C)cc1)C(=O)CN(c1ccc(C)cc1)S(=O)(=O)c1ccc(F)cc1. The highest BCUT2D eigenvalue weighted by molar-refractivity contribution is 7.92. The largest absolute Gasteiger partial charge is 0.352 e. The molecule has 0 saturated heterocycles. The summed E-state index contributed by atoms with van der Waals surface area (Å²) in [4.78, 5) is 28.2. The second kappa shape index (κ2) is 12.9. The van der Waals surface area contributed by atoms with Gasteiger partial charge in [0.25, 0.3) is 10.0 Å². The summed E-state index contributed by atoms with van der Waals surface area (Å²) in [5.41, 5.74) is 3.06. The predicted octanol–water partition coefficient (Wildman–Crippen LogP) is 4.97. The summed E-state index contributed by atoms with van der Waals surface area (Å²) in [6, 6.07) is 17.8. The third kappa shape index (κ3) is 7.66. The zero-order valence-electron chi connectivity index (χ0n) is 23.0. The van der Waals surface area contributed by atoms with E-state index in [1.54, 1.807) is 31.2 Å². The first kappa shape index (κ1) is 29.8. The molecule has 1 N–H and O–H groups in total. The highest BCUT2D eigenvalue weighted by Gasteiger charge is 2.32. The molecule has 0 spiro atoms. The number of benzene rings is 3. The van der Waals surface area contributed by atoms with Crippen LogP contribution in [0.25, 0.3) is 0 Å². The number of nitrogens with zero attached hydrogens (tertiary/aromatic N) is 2. The number of amides is 2. The van der Waals surface area contributed by atoms with Crippen molar-refractivity contribution < 1.29 is 22.4 Å². The third-order valence-corrected chi connectivity index (χ3v) is 8.43. The molecule has 3 aromatic carbocycles. The maximum atomic E-state index is 13.9. The summed E-state index contributed by atoms with van der Waals surface area (Å²) >= 11 is 0. The lowest BCUT2D eigenvalue weighted by Crippen LogP contribution is -2.52. The lowest BCUT2D eigenvalue weighted by Gasteiger charge is -2.32. The molecule has 9 heteroatoms. The van der Waals surface area contributed by atoms with Crippen LogP contribution in [0, 0.1) is 19.7 Å². The van der Waals surface area contributed by atoms with Crippen molar-refractivity contribution in [1.82, 2.24) is 10.2 Å². The Balaban J connectivity index is 2.01. The Morgan fingerprint density at radius 1 is 0.872 bits per heavy atom. The molecular formula is C30H36FN3O4S. The van der Waals surface area contributed by atoms with E-state index in [1.807, 2.05) is 52.0 Å². The zero-order valence-corrected chi connectivity index (χ0v) is 23.8. The molecule has 0 aliphatic carbocycles. The van der Waals surface area contributed by atoms with Gasteiger partial charge in [-0.25, -0.2) is 12.8 Å². The Bertz CT molecular complexity index is 1380. The van der Waals surface area contributed by atoms with Crippen LogP contribution >= 0.6 is 0 Å². The molecule has 3 aromatic rings. The number of hydrogen-bond acceptors (Lipinski definition) is 4. The van der Waals surface area contributed by atoms with E-state index in [0.29, 0.717) is 0 Å². The molecule has 0 unspecified atom stereocenters. The first-order valence-electron chi connectivity index (χ1n) is 12.9. The number of hydrogen-bond donors (Lipinski definition) is 1. The summed E-state index contributed by atoms with van der Waals surface area (Å²) < 4.78 is 42.0. The third-order valence-electron chi connectivity index (χ3n) is 6.64. The van der Waals surface area contributed by atoms with E-state index < -0.39 is 34.3 Å². The summed E-state index contributed by atoms with van der Waals surface area (Å²) in [5.74, 6) is -1.45. The first-order valence-corrected chi connectivity index (χ1v) is 14.4. The number of nitrogens with one attached hydrogen (secondary N) is 1. The van der Waals surface area contributed by atoms with Gasteiger partial charge in [-0.2, -0.15) is 0 Å². The van der Waals surface area contributed by atoms with Gasteiger partial charge in [-0.1, -0.05) is 54.4 Å². The van der Waals surface area contributed by atoms with E-state index >= 15 is 0 Å². The second-order valence-electron chi connectivity index (χ2n) is 9.80. The molecule has 0 aliphatic rings. The summed E-state index contributed by atoms with van der Waals surface area (Å²) in [6.45, 7) is 8.86. The summed E-state index contributed by atoms with van der Waals surface area (Å²) in [6.07, 6.45) is 0.724. The van der Waals surface area contributed by atoms with Crippen molar-refractivity contribution in [1.29, 1.82) is 0 Å². The maximum Gasteiger partial charge on any atom is 0.264 e. The Kier molecular flexibility index (Phi) is 9.86. The average molecular weight is 554 g/mol. The summed E-state index contributed by atoms with van der Waals surface area (Å²) in [5, 5.41) is 2.91. The van der Waals surface area contributed by atoms with E-state index in [0.717, 1.165) is 39.5 Å². The van der Waals surface area contributed by atoms with Crippen LogP contribution in [-0.4, -0.2) is 43.8 Å². The average Bonchev–Trinajstić information content (AvgIpc) is 2.91. The minimum Gasteiger partial charge on any atom is -0.352 e. The summed E-state index contributed by atoms with van der Waals surface area (Å²) in [7, 11) is -4.24. The van der Waals surface area contributed by atoms with Crippen LogP contribution in [-0.2, 0) is 26.2 Å². The molecule has 39 heavy (non-hydrogen) atoms. The lowest BCUT2D eigenvalue weighted by atomic mass is 10.1. The normalized spacial score (nSPS) is 12.9. The standard InChI is InChI=1S/C30H36FN3O4S/c1-6-23(4)32-30(36)24(5)33(19-25-11-7-21(2)8-12-25)29(35)20-34(27-15-9-22(3)10-16-27)39(37,38)28-17-13-26(31)14-18-28/h7-18,23-24H,6,19-20H2,1-5H3,(H,32,36)/t23-,24-/m0/s1. The molecule has 0 radical (unpaired) electrons. The van der Waals surface area contributed by atoms with Gasteiger partial charge in [0.2, 0.25) is 11.8 Å². The molecule has 0 heterocycles. The van der Waals surface area contributed by atoms with Crippen molar-refractivity contribution in [2.75, 3.05) is 10.8 Å². The maximum absolute atomic E-state index is 13.9. The molecule has 0 saturated carbocycles. The van der Waals surface area contributed by atoms with Crippen LogP contribution in [0.5, 0.6) is 0 Å². The monoisotopic (exact) mass is 553 g/mol. The topological polar surface area (TPSA) is 86.8 Å². The van der Waals surface area contributed by atoms with Crippen molar-refractivity contribution >= 4 is 27.5 Å². The van der Waals surface area contributed by atoms with Gasteiger partial charge in [-0.15, -0.1) is 0 Å². The van der Waals surface area contributed by atoms with Gasteiger partial charge in [0, 0.05) is 12.6 Å². The first-order chi connectivity index (χ1) is 18.4. The molecule has 0 aromatic heterocycles. The molecular weight excluding hydrogens is 517 g/mol. The highest BCUT2D eigenvalue weighted by atomic mass is 32.2. The van der Waals surface area contributed by atoms with E-state index in [2.05, 4.69) is 5.32 Å². The smallest absolute Gasteiger partial charge is 0.264 e. The molecule has 2 amide bonds. The molecule has 0 bridgehead atoms. The fraction of sp³-hybridized carbons (Fsp3) is 0.333. The second-order valence-corrected chi connectivity index (χ2v) is 11.7. The van der Waals surface area contributed by atoms with E-state index in [-0.39, 0.29) is 29.1 Å². The quantitative estimate of drug-likeness (QED) is 0.363. The number of aryl methyl sites for hydroxylation is 2. The molecule has 0 fully saturated rings. The van der Waals surface area contributed by atoms with Gasteiger partial charge in [-0.3, -0.25) is 13.9 Å². The van der Waals surface area contributed by atoms with Crippen molar-refractivity contribution in [3.05, 3.63) is 95.3 Å². The Morgan fingerprint density at radius 3 is 1.95 bits per heavy atom. The number of carbonyl (C=O) groups excluding carboxylic acids is 2. The van der Waals surface area contributed by atoms with Crippen molar-refractivity contribution in [2.24, 2.45) is 0 Å². The van der Waals surface area contributed by atoms with Gasteiger partial charge in [0.15, 0.2) is 0 Å². The van der Waals surface area contributed by atoms with Crippen molar-refractivity contribution in [3.63, 3.8) is 0 Å². The number of sulfonamides is 1. The van der Waals surface area contributed by atoms with E-state index in [9.17, 15) is 22.4 Å². The number of rotatable bonds is 11. The van der Waals surface area contributed by atoms with Gasteiger partial charge >= 0.3 is 0 Å². The van der Waals surface area contributed by atoms with Crippen LogP contribution in [0.2, 0.25) is 0 Å². The lowest BCUT2D eigenvalue weighted by molar-refractivity contribution is -0.139. The van der Waals surface area contributed by atoms with Crippen molar-refractivity contribution in [3.8, 4) is 0 Å². The number of halogens is 1. The van der Waals surface area contributed by atoms with Crippen LogP contribution in [0.1, 0.15) is 43.9 Å². The number of carbonyl (C=O) groups is 2. The van der Waals surface area contributed by atoms with Gasteiger partial charge < -0.3 is 10.2 Å². The van der Waals surface area contributed by atoms with Crippen LogP contribution < -0.4 is 9.62 Å². The minimum atomic E-state index is -4.24. The van der Waals surface area contributed by atoms with E-state index in [1.165, 1.54) is 17.0 Å². The number of anilines is 1. The minimum absolute atomic E-state index is 0.0841. The predicted molar refractivity (Wildman–Crippen MR) is 151 cm³/mol. The van der Waals surface area contributed by atoms with Crippen LogP contribution in [0.4, 0.5) is 10.1 Å². The van der Waals surface area contributed by atoms with Crippen molar-refractivity contribution in [2.45, 2.75) is 64.6 Å². The Hall–Kier alpha value is -3.72.